The number of likely N-dealkylation sites (tertiary alicyclic amines) is 2. The van der Waals surface area contributed by atoms with Gasteiger partial charge in [-0.05, 0) is 88.6 Å². The zero-order chi connectivity index (χ0) is 35.8. The third kappa shape index (κ3) is 5.67. The Kier molecular flexibility index (Phi) is 8.17. The summed E-state index contributed by atoms with van der Waals surface area (Å²) in [4.78, 5) is 47.5. The maximum Gasteiger partial charge on any atom is 0.251 e. The van der Waals surface area contributed by atoms with Crippen LogP contribution >= 0.6 is 0 Å². The summed E-state index contributed by atoms with van der Waals surface area (Å²) in [6, 6.07) is 10.4. The smallest absolute Gasteiger partial charge is 0.251 e. The molecule has 1 atom stereocenters. The van der Waals surface area contributed by atoms with Crippen LogP contribution in [0.5, 0.6) is 0 Å². The van der Waals surface area contributed by atoms with E-state index in [1.807, 2.05) is 16.7 Å². The number of nitrogens with zero attached hydrogens (tertiary/aromatic N) is 7. The van der Waals surface area contributed by atoms with Crippen LogP contribution in [0.4, 0.5) is 21.6 Å². The number of benzene rings is 1. The van der Waals surface area contributed by atoms with Crippen LogP contribution in [0.25, 0.3) is 22.3 Å². The first-order valence-corrected chi connectivity index (χ1v) is 18.3. The Morgan fingerprint density at radius 3 is 2.47 bits per heavy atom. The van der Waals surface area contributed by atoms with Crippen LogP contribution in [-0.2, 0) is 15.0 Å². The largest absolute Gasteiger partial charge is 0.384 e. The Balaban J connectivity index is 1.18. The Labute approximate surface area is 297 Å². The molecule has 6 heterocycles. The van der Waals surface area contributed by atoms with E-state index in [1.54, 1.807) is 17.3 Å². The highest BCUT2D eigenvalue weighted by Gasteiger charge is 2.56. The van der Waals surface area contributed by atoms with E-state index in [0.717, 1.165) is 53.8 Å². The van der Waals surface area contributed by atoms with E-state index in [-0.39, 0.29) is 29.6 Å². The number of carbonyl (C=O) groups is 2. The highest BCUT2D eigenvalue weighted by Crippen LogP contribution is 2.52. The van der Waals surface area contributed by atoms with Crippen LogP contribution in [0.1, 0.15) is 78.3 Å². The molecule has 0 radical (unpaired) electrons. The van der Waals surface area contributed by atoms with Gasteiger partial charge in [0, 0.05) is 55.2 Å². The Hall–Kier alpha value is -4.42. The van der Waals surface area contributed by atoms with Gasteiger partial charge in [-0.25, -0.2) is 14.4 Å². The second kappa shape index (κ2) is 12.4. The quantitative estimate of drug-likeness (QED) is 0.249. The molecule has 2 saturated heterocycles. The molecule has 4 aliphatic rings. The minimum atomic E-state index is -1.07. The highest BCUT2D eigenvalue weighted by atomic mass is 19.1. The third-order valence-electron chi connectivity index (χ3n) is 11.8. The topological polar surface area (TPSA) is 120 Å². The summed E-state index contributed by atoms with van der Waals surface area (Å²) >= 11 is 0. The molecule has 1 saturated carbocycles. The fourth-order valence-corrected chi connectivity index (χ4v) is 8.79. The number of rotatable bonds is 7. The van der Waals surface area contributed by atoms with E-state index in [4.69, 9.17) is 9.97 Å². The number of aromatic nitrogens is 4. The summed E-state index contributed by atoms with van der Waals surface area (Å²) in [5, 5.41) is 13.2. The van der Waals surface area contributed by atoms with Crippen molar-refractivity contribution in [2.24, 2.45) is 5.41 Å². The minimum Gasteiger partial charge on any atom is -0.384 e. The van der Waals surface area contributed by atoms with Gasteiger partial charge in [-0.3, -0.25) is 19.5 Å². The number of aliphatic hydroxyl groups excluding tert-OH is 1. The summed E-state index contributed by atoms with van der Waals surface area (Å²) in [6.07, 6.45) is 7.47. The number of nitrogens with one attached hydrogen (secondary N) is 1. The normalized spacial score (nSPS) is 23.3. The number of aliphatic hydroxyl groups is 1. The number of piperidine rings is 1. The van der Waals surface area contributed by atoms with Gasteiger partial charge in [-0.15, -0.1) is 0 Å². The number of halogens is 1. The van der Waals surface area contributed by atoms with Crippen LogP contribution in [0.3, 0.4) is 0 Å². The molecule has 2 amide bonds. The van der Waals surface area contributed by atoms with Gasteiger partial charge < -0.3 is 24.8 Å². The number of amides is 2. The zero-order valence-electron chi connectivity index (χ0n) is 30.1. The molecule has 8 rings (SSSR count). The van der Waals surface area contributed by atoms with Gasteiger partial charge in [-0.1, -0.05) is 26.0 Å². The average molecular weight is 695 g/mol. The summed E-state index contributed by atoms with van der Waals surface area (Å²) in [6.45, 7) is 13.3. The molecule has 3 aliphatic heterocycles. The molecule has 0 bridgehead atoms. The number of anilines is 3. The monoisotopic (exact) mass is 694 g/mol. The van der Waals surface area contributed by atoms with Crippen molar-refractivity contribution in [1.82, 2.24) is 29.3 Å². The van der Waals surface area contributed by atoms with Crippen LogP contribution in [0.15, 0.2) is 49.1 Å². The number of imidazole rings is 1. The van der Waals surface area contributed by atoms with Gasteiger partial charge in [0.15, 0.2) is 11.6 Å². The molecule has 1 aliphatic carbocycles. The second-order valence-corrected chi connectivity index (χ2v) is 16.1. The summed E-state index contributed by atoms with van der Waals surface area (Å²) in [5.41, 5.74) is 4.73. The number of pyridine rings is 2. The van der Waals surface area contributed by atoms with E-state index in [2.05, 4.69) is 59.9 Å². The number of carbonyl (C=O) groups excluding carboxylic acids is 2. The van der Waals surface area contributed by atoms with Gasteiger partial charge in [0.2, 0.25) is 5.91 Å². The van der Waals surface area contributed by atoms with E-state index >= 15 is 0 Å². The lowest BCUT2D eigenvalue weighted by Gasteiger charge is -2.46. The predicted molar refractivity (Wildman–Crippen MR) is 194 cm³/mol. The Morgan fingerprint density at radius 2 is 1.80 bits per heavy atom. The van der Waals surface area contributed by atoms with Crippen molar-refractivity contribution in [3.63, 3.8) is 0 Å². The van der Waals surface area contributed by atoms with Gasteiger partial charge >= 0.3 is 0 Å². The fraction of sp³-hybridized carbons (Fsp3) is 0.513. The van der Waals surface area contributed by atoms with Gasteiger partial charge in [0.05, 0.1) is 34.8 Å². The van der Waals surface area contributed by atoms with Crippen molar-refractivity contribution in [3.05, 3.63) is 60.4 Å². The van der Waals surface area contributed by atoms with E-state index in [9.17, 15) is 19.1 Å². The van der Waals surface area contributed by atoms with Crippen LogP contribution in [0.2, 0.25) is 0 Å². The summed E-state index contributed by atoms with van der Waals surface area (Å²) < 4.78 is 16.8. The first-order chi connectivity index (χ1) is 24.3. The lowest BCUT2D eigenvalue weighted by atomic mass is 9.73. The molecule has 268 valence electrons. The fourth-order valence-electron chi connectivity index (χ4n) is 8.79. The lowest BCUT2D eigenvalue weighted by Crippen LogP contribution is -2.58. The van der Waals surface area contributed by atoms with Gasteiger partial charge in [-0.2, -0.15) is 0 Å². The van der Waals surface area contributed by atoms with Crippen molar-refractivity contribution in [3.8, 4) is 11.3 Å². The number of hydrogen-bond donors (Lipinski definition) is 2. The molecule has 12 heteroatoms. The highest BCUT2D eigenvalue weighted by molar-refractivity contribution is 6.09. The molecule has 2 N–H and O–H groups in total. The molecule has 51 heavy (non-hydrogen) atoms. The SMILES string of the molecule is CC(C)n1cnc2cc(-c3ccc4c(c3)N([C@H]3C[C@@H](N5CCC(C)(C)C5)C3)C(=O)C43CCN(C(=O)[C@@H](C)O)CC3)nc(Nc3ccncc3F)c21. The van der Waals surface area contributed by atoms with Crippen LogP contribution in [-0.4, -0.2) is 90.6 Å². The number of fused-ring (bicyclic) bond motifs is 3. The average Bonchev–Trinajstić information content (AvgIpc) is 3.74. The molecule has 1 aromatic carbocycles. The maximum absolute atomic E-state index is 14.8. The van der Waals surface area contributed by atoms with Crippen molar-refractivity contribution < 1.29 is 19.1 Å². The van der Waals surface area contributed by atoms with Crippen molar-refractivity contribution in [1.29, 1.82) is 0 Å². The number of hydrogen-bond acceptors (Lipinski definition) is 8. The van der Waals surface area contributed by atoms with Gasteiger partial charge in [0.1, 0.15) is 11.6 Å². The predicted octanol–water partition coefficient (Wildman–Crippen LogP) is 5.81. The zero-order valence-corrected chi connectivity index (χ0v) is 30.1. The molecule has 4 aromatic rings. The Bertz CT molecular complexity index is 2010. The molecule has 3 fully saturated rings. The maximum atomic E-state index is 14.8. The summed E-state index contributed by atoms with van der Waals surface area (Å²) in [5.74, 6) is -0.189. The van der Waals surface area contributed by atoms with Crippen molar-refractivity contribution in [2.45, 2.75) is 96.4 Å². The molecule has 3 aromatic heterocycles. The minimum absolute atomic E-state index is 0.0841. The molecule has 1 spiro atoms. The standard InChI is InChI=1S/C39H47FN8O3/c1-23(2)47-22-42-32-19-31(44-35(34(32)47)43-30-8-12-41-20-29(30)40)25-6-7-28-33(16-25)48(27-17-26(18-27)46-13-9-38(4,5)21-46)37(51)39(28)10-14-45(15-11-39)36(50)24(3)49/h6-8,12,16,19-20,22-24,26-27,49H,9-11,13-15,17-18,21H2,1-5H3,(H,41,43,44)/t24-,26-,27+/m1/s1. The first kappa shape index (κ1) is 33.7. The van der Waals surface area contributed by atoms with Crippen molar-refractivity contribution in [2.75, 3.05) is 36.4 Å². The van der Waals surface area contributed by atoms with Crippen LogP contribution < -0.4 is 10.2 Å². The molecular weight excluding hydrogens is 647 g/mol. The second-order valence-electron chi connectivity index (χ2n) is 16.1. The molecule has 11 nitrogen and oxygen atoms in total. The Morgan fingerprint density at radius 1 is 1.04 bits per heavy atom. The van der Waals surface area contributed by atoms with E-state index in [1.165, 1.54) is 25.7 Å². The van der Waals surface area contributed by atoms with Crippen molar-refractivity contribution >= 4 is 40.0 Å². The summed E-state index contributed by atoms with van der Waals surface area (Å²) in [7, 11) is 0. The molecular formula is C39H47FN8O3. The molecule has 0 unspecified atom stereocenters. The van der Waals surface area contributed by atoms with Crippen LogP contribution in [0, 0.1) is 11.2 Å². The van der Waals surface area contributed by atoms with E-state index < -0.39 is 17.3 Å². The third-order valence-corrected chi connectivity index (χ3v) is 11.8. The van der Waals surface area contributed by atoms with Gasteiger partial charge in [0.25, 0.3) is 5.91 Å². The lowest BCUT2D eigenvalue weighted by molar-refractivity contribution is -0.142. The van der Waals surface area contributed by atoms with E-state index in [0.29, 0.717) is 48.9 Å². The first-order valence-electron chi connectivity index (χ1n) is 18.3.